The number of aromatic carboxylic acids is 1. The van der Waals surface area contributed by atoms with Crippen LogP contribution in [-0.2, 0) is 0 Å². The average molecular weight is 413 g/mol. The summed E-state index contributed by atoms with van der Waals surface area (Å²) in [6, 6.07) is 7.19. The molecule has 0 aliphatic rings. The molecule has 2 aromatic carbocycles. The maximum atomic E-state index is 13.6. The second kappa shape index (κ2) is 7.03. The van der Waals surface area contributed by atoms with Crippen LogP contribution in [0.25, 0.3) is 22.0 Å². The maximum absolute atomic E-state index is 13.6. The number of carboxylic acid groups (broad SMARTS) is 1. The Balaban J connectivity index is 2.56. The molecule has 3 rings (SSSR count). The van der Waals surface area contributed by atoms with Gasteiger partial charge in [-0.1, -0.05) is 54.7 Å². The van der Waals surface area contributed by atoms with Crippen molar-refractivity contribution in [1.29, 1.82) is 0 Å². The minimum Gasteiger partial charge on any atom is -0.478 e. The number of pyridine rings is 1. The number of nitrogens with zero attached hydrogens (tertiary/aromatic N) is 1. The van der Waals surface area contributed by atoms with Crippen LogP contribution in [0.3, 0.4) is 0 Å². The maximum Gasteiger partial charge on any atom is 0.338 e. The van der Waals surface area contributed by atoms with Crippen molar-refractivity contribution in [3.8, 4) is 11.1 Å². The molecule has 0 aliphatic heterocycles. The molecule has 0 atom stereocenters. The molecule has 0 aliphatic carbocycles. The van der Waals surface area contributed by atoms with Crippen molar-refractivity contribution >= 4 is 51.7 Å². The second-order valence-electron chi connectivity index (χ2n) is 6.12. The molecule has 0 radical (unpaired) electrons. The molecule has 1 heterocycles. The highest BCUT2D eigenvalue weighted by Crippen LogP contribution is 2.40. The van der Waals surface area contributed by atoms with Crippen LogP contribution in [0.5, 0.6) is 0 Å². The Morgan fingerprint density at radius 1 is 1.12 bits per heavy atom. The molecule has 0 bridgehead atoms. The second-order valence-corrected chi connectivity index (χ2v) is 7.37. The SMILES string of the molecule is CC(C)c1nc2c(Cl)cc(Cl)cc2c(-c2ccc(F)c(Cl)c2)c1C(=O)O. The fourth-order valence-electron chi connectivity index (χ4n) is 2.90. The predicted molar refractivity (Wildman–Crippen MR) is 103 cm³/mol. The standard InChI is InChI=1S/C19H13Cl3FNO2/c1-8(2)17-16(19(25)26)15(9-3-4-14(23)12(21)5-9)11-6-10(20)7-13(22)18(11)24-17/h3-8H,1-2H3,(H,25,26). The monoisotopic (exact) mass is 411 g/mol. The van der Waals surface area contributed by atoms with Gasteiger partial charge in [0.2, 0.25) is 0 Å². The van der Waals surface area contributed by atoms with Crippen molar-refractivity contribution in [1.82, 2.24) is 4.98 Å². The summed E-state index contributed by atoms with van der Waals surface area (Å²) >= 11 is 18.4. The summed E-state index contributed by atoms with van der Waals surface area (Å²) in [5.74, 6) is -1.91. The third-order valence-corrected chi connectivity index (χ3v) is 4.80. The largest absolute Gasteiger partial charge is 0.478 e. The van der Waals surface area contributed by atoms with Gasteiger partial charge in [-0.3, -0.25) is 4.98 Å². The summed E-state index contributed by atoms with van der Waals surface area (Å²) in [7, 11) is 0. The molecular weight excluding hydrogens is 400 g/mol. The highest BCUT2D eigenvalue weighted by molar-refractivity contribution is 6.39. The van der Waals surface area contributed by atoms with E-state index >= 15 is 0 Å². The lowest BCUT2D eigenvalue weighted by Crippen LogP contribution is -2.10. The van der Waals surface area contributed by atoms with E-state index in [1.807, 2.05) is 13.8 Å². The summed E-state index contributed by atoms with van der Waals surface area (Å²) in [5.41, 5.74) is 1.64. The van der Waals surface area contributed by atoms with Crippen LogP contribution in [-0.4, -0.2) is 16.1 Å². The molecule has 0 unspecified atom stereocenters. The number of hydrogen-bond acceptors (Lipinski definition) is 2. The molecule has 0 saturated heterocycles. The molecule has 0 fully saturated rings. The van der Waals surface area contributed by atoms with Crippen LogP contribution >= 0.6 is 34.8 Å². The number of halogens is 4. The first kappa shape index (κ1) is 18.9. The Morgan fingerprint density at radius 3 is 2.38 bits per heavy atom. The zero-order valence-electron chi connectivity index (χ0n) is 13.8. The van der Waals surface area contributed by atoms with E-state index in [0.29, 0.717) is 37.8 Å². The van der Waals surface area contributed by atoms with Crippen LogP contribution in [0.15, 0.2) is 30.3 Å². The normalized spacial score (nSPS) is 11.3. The van der Waals surface area contributed by atoms with Crippen molar-refractivity contribution in [2.75, 3.05) is 0 Å². The van der Waals surface area contributed by atoms with E-state index in [2.05, 4.69) is 4.98 Å². The molecule has 1 N–H and O–H groups in total. The number of carboxylic acids is 1. The van der Waals surface area contributed by atoms with Crippen molar-refractivity contribution < 1.29 is 14.3 Å². The minimum absolute atomic E-state index is 0.0218. The molecule has 1 aromatic heterocycles. The van der Waals surface area contributed by atoms with Crippen molar-refractivity contribution in [2.45, 2.75) is 19.8 Å². The average Bonchev–Trinajstić information content (AvgIpc) is 2.55. The van der Waals surface area contributed by atoms with Crippen LogP contribution in [0.1, 0.15) is 35.8 Å². The Bertz CT molecular complexity index is 1050. The van der Waals surface area contributed by atoms with E-state index in [4.69, 9.17) is 34.8 Å². The number of carbonyl (C=O) groups is 1. The van der Waals surface area contributed by atoms with Gasteiger partial charge in [-0.05, 0) is 35.7 Å². The quantitative estimate of drug-likeness (QED) is 0.513. The minimum atomic E-state index is -1.14. The number of benzene rings is 2. The molecule has 3 nitrogen and oxygen atoms in total. The highest BCUT2D eigenvalue weighted by atomic mass is 35.5. The fourth-order valence-corrected chi connectivity index (χ4v) is 3.61. The van der Waals surface area contributed by atoms with Gasteiger partial charge in [0.25, 0.3) is 0 Å². The van der Waals surface area contributed by atoms with Gasteiger partial charge in [-0.25, -0.2) is 9.18 Å². The lowest BCUT2D eigenvalue weighted by Gasteiger charge is -2.18. The predicted octanol–water partition coefficient (Wildman–Crippen LogP) is 6.82. The third-order valence-electron chi connectivity index (χ3n) is 4.00. The van der Waals surface area contributed by atoms with E-state index in [1.165, 1.54) is 18.2 Å². The zero-order chi connectivity index (χ0) is 19.2. The number of hydrogen-bond donors (Lipinski definition) is 1. The molecule has 0 spiro atoms. The van der Waals surface area contributed by atoms with Gasteiger partial charge in [-0.15, -0.1) is 0 Å². The van der Waals surface area contributed by atoms with E-state index in [-0.39, 0.29) is 16.5 Å². The number of fused-ring (bicyclic) bond motifs is 1. The smallest absolute Gasteiger partial charge is 0.338 e. The lowest BCUT2D eigenvalue weighted by molar-refractivity contribution is 0.0695. The van der Waals surface area contributed by atoms with Crippen LogP contribution < -0.4 is 0 Å². The van der Waals surface area contributed by atoms with Gasteiger partial charge in [0.15, 0.2) is 0 Å². The summed E-state index contributed by atoms with van der Waals surface area (Å²) in [6.45, 7) is 3.68. The van der Waals surface area contributed by atoms with Gasteiger partial charge in [0.1, 0.15) is 5.82 Å². The van der Waals surface area contributed by atoms with Crippen molar-refractivity contribution in [2.24, 2.45) is 0 Å². The van der Waals surface area contributed by atoms with Gasteiger partial charge >= 0.3 is 5.97 Å². The summed E-state index contributed by atoms with van der Waals surface area (Å²) in [6.07, 6.45) is 0. The number of rotatable bonds is 3. The lowest BCUT2D eigenvalue weighted by atomic mass is 9.91. The molecule has 0 amide bonds. The zero-order valence-corrected chi connectivity index (χ0v) is 16.0. The van der Waals surface area contributed by atoms with Crippen LogP contribution in [0.2, 0.25) is 15.1 Å². The number of aromatic nitrogens is 1. The first-order valence-corrected chi connectivity index (χ1v) is 8.85. The first-order chi connectivity index (χ1) is 12.2. The van der Waals surface area contributed by atoms with Crippen molar-refractivity contribution in [3.05, 3.63) is 62.5 Å². The van der Waals surface area contributed by atoms with Gasteiger partial charge in [0.05, 0.1) is 26.8 Å². The first-order valence-electron chi connectivity index (χ1n) is 7.72. The van der Waals surface area contributed by atoms with Crippen molar-refractivity contribution in [3.63, 3.8) is 0 Å². The van der Waals surface area contributed by atoms with E-state index < -0.39 is 11.8 Å². The Kier molecular flexibility index (Phi) is 5.11. The molecule has 0 saturated carbocycles. The van der Waals surface area contributed by atoms with Gasteiger partial charge in [-0.2, -0.15) is 0 Å². The highest BCUT2D eigenvalue weighted by Gasteiger charge is 2.25. The molecule has 3 aromatic rings. The van der Waals surface area contributed by atoms with Crippen LogP contribution in [0.4, 0.5) is 4.39 Å². The van der Waals surface area contributed by atoms with E-state index in [1.54, 1.807) is 12.1 Å². The molecule has 134 valence electrons. The fraction of sp³-hybridized carbons (Fsp3) is 0.158. The van der Waals surface area contributed by atoms with Gasteiger partial charge in [0, 0.05) is 16.0 Å². The Morgan fingerprint density at radius 2 is 1.81 bits per heavy atom. The molecule has 7 heteroatoms. The third kappa shape index (κ3) is 3.25. The van der Waals surface area contributed by atoms with Crippen LogP contribution in [0, 0.1) is 5.82 Å². The topological polar surface area (TPSA) is 50.2 Å². The summed E-state index contributed by atoms with van der Waals surface area (Å²) in [4.78, 5) is 16.6. The van der Waals surface area contributed by atoms with Gasteiger partial charge < -0.3 is 5.11 Å². The molecule has 26 heavy (non-hydrogen) atoms. The van der Waals surface area contributed by atoms with E-state index in [9.17, 15) is 14.3 Å². The molecular formula is C19H13Cl3FNO2. The van der Waals surface area contributed by atoms with E-state index in [0.717, 1.165) is 0 Å². The summed E-state index contributed by atoms with van der Waals surface area (Å²) < 4.78 is 13.6. The Labute approximate surface area is 164 Å². The summed E-state index contributed by atoms with van der Waals surface area (Å²) in [5, 5.41) is 10.9. The Hall–Kier alpha value is -1.88.